The summed E-state index contributed by atoms with van der Waals surface area (Å²) in [6.07, 6.45) is 0.781. The van der Waals surface area contributed by atoms with Gasteiger partial charge in [-0.3, -0.25) is 10.1 Å². The van der Waals surface area contributed by atoms with Crippen LogP contribution in [0.1, 0.15) is 27.9 Å². The number of amides is 1. The molecular weight excluding hydrogens is 250 g/mol. The van der Waals surface area contributed by atoms with Gasteiger partial charge in [0.1, 0.15) is 10.8 Å². The zero-order chi connectivity index (χ0) is 13.1. The molecule has 2 rings (SSSR count). The minimum Gasteiger partial charge on any atom is -0.507 e. The van der Waals surface area contributed by atoms with Crippen LogP contribution in [0.25, 0.3) is 0 Å². The number of aromatic hydroxyl groups is 1. The Hall–Kier alpha value is -1.95. The van der Waals surface area contributed by atoms with Crippen molar-refractivity contribution in [1.82, 2.24) is 10.2 Å². The van der Waals surface area contributed by atoms with Crippen LogP contribution in [0.15, 0.2) is 18.2 Å². The third kappa shape index (κ3) is 2.65. The Morgan fingerprint density at radius 1 is 1.44 bits per heavy atom. The van der Waals surface area contributed by atoms with Crippen molar-refractivity contribution in [1.29, 1.82) is 0 Å². The van der Waals surface area contributed by atoms with Gasteiger partial charge in [0.25, 0.3) is 5.91 Å². The molecule has 1 aromatic heterocycles. The van der Waals surface area contributed by atoms with Crippen LogP contribution in [0.4, 0.5) is 5.13 Å². The third-order valence-corrected chi connectivity index (χ3v) is 3.37. The van der Waals surface area contributed by atoms with E-state index in [9.17, 15) is 9.90 Å². The first kappa shape index (κ1) is 12.5. The first-order valence-corrected chi connectivity index (χ1v) is 6.35. The standard InChI is InChI=1S/C12H13N3O2S/c1-3-10-14-15-12(18-10)13-11(17)8-6-7(2)4-5-9(8)16/h4-6,16H,3H2,1-2H3,(H,13,15,17). The summed E-state index contributed by atoms with van der Waals surface area (Å²) in [4.78, 5) is 12.0. The van der Waals surface area contributed by atoms with Crippen molar-refractivity contribution in [2.45, 2.75) is 20.3 Å². The molecule has 0 radical (unpaired) electrons. The Morgan fingerprint density at radius 2 is 2.22 bits per heavy atom. The van der Waals surface area contributed by atoms with Gasteiger partial charge >= 0.3 is 0 Å². The normalized spacial score (nSPS) is 10.3. The number of hydrogen-bond acceptors (Lipinski definition) is 5. The molecule has 2 N–H and O–H groups in total. The second-order valence-corrected chi connectivity index (χ2v) is 4.89. The predicted molar refractivity (Wildman–Crippen MR) is 70.1 cm³/mol. The fourth-order valence-electron chi connectivity index (χ4n) is 1.44. The average Bonchev–Trinajstić information content (AvgIpc) is 2.80. The van der Waals surface area contributed by atoms with E-state index >= 15 is 0 Å². The maximum absolute atomic E-state index is 12.0. The van der Waals surface area contributed by atoms with E-state index in [1.807, 2.05) is 13.8 Å². The topological polar surface area (TPSA) is 75.1 Å². The van der Waals surface area contributed by atoms with Crippen molar-refractivity contribution >= 4 is 22.4 Å². The minimum atomic E-state index is -0.380. The molecule has 94 valence electrons. The predicted octanol–water partition coefficient (Wildman–Crippen LogP) is 2.37. The molecule has 0 aliphatic carbocycles. The SMILES string of the molecule is CCc1nnc(NC(=O)c2cc(C)ccc2O)s1. The number of aromatic nitrogens is 2. The summed E-state index contributed by atoms with van der Waals surface area (Å²) in [6, 6.07) is 4.88. The van der Waals surface area contributed by atoms with Gasteiger partial charge in [0.15, 0.2) is 0 Å². The number of phenolic OH excluding ortho intramolecular Hbond substituents is 1. The Bertz CT molecular complexity index is 580. The highest BCUT2D eigenvalue weighted by atomic mass is 32.1. The van der Waals surface area contributed by atoms with Crippen LogP contribution >= 0.6 is 11.3 Å². The molecule has 1 heterocycles. The van der Waals surface area contributed by atoms with Gasteiger partial charge in [-0.25, -0.2) is 0 Å². The van der Waals surface area contributed by atoms with E-state index in [4.69, 9.17) is 0 Å². The maximum atomic E-state index is 12.0. The lowest BCUT2D eigenvalue weighted by Gasteiger charge is -2.04. The molecule has 18 heavy (non-hydrogen) atoms. The average molecular weight is 263 g/mol. The molecule has 0 saturated carbocycles. The van der Waals surface area contributed by atoms with E-state index in [0.717, 1.165) is 17.0 Å². The number of aryl methyl sites for hydroxylation is 2. The van der Waals surface area contributed by atoms with Gasteiger partial charge in [0.05, 0.1) is 5.56 Å². The number of benzene rings is 1. The quantitative estimate of drug-likeness (QED) is 0.891. The number of carbonyl (C=O) groups excluding carboxylic acids is 1. The lowest BCUT2D eigenvalue weighted by molar-refractivity contribution is 0.102. The number of rotatable bonds is 3. The summed E-state index contributed by atoms with van der Waals surface area (Å²) in [5.41, 5.74) is 1.15. The van der Waals surface area contributed by atoms with Crippen molar-refractivity contribution in [3.63, 3.8) is 0 Å². The molecule has 0 bridgehead atoms. The van der Waals surface area contributed by atoms with Crippen molar-refractivity contribution in [2.24, 2.45) is 0 Å². The highest BCUT2D eigenvalue weighted by Gasteiger charge is 2.13. The molecule has 0 aliphatic rings. The Kier molecular flexibility index (Phi) is 3.57. The molecule has 5 nitrogen and oxygen atoms in total. The van der Waals surface area contributed by atoms with Crippen LogP contribution in [-0.2, 0) is 6.42 Å². The Morgan fingerprint density at radius 3 is 2.89 bits per heavy atom. The van der Waals surface area contributed by atoms with Gasteiger partial charge in [-0.15, -0.1) is 10.2 Å². The molecule has 0 aliphatic heterocycles. The number of nitrogens with one attached hydrogen (secondary N) is 1. The van der Waals surface area contributed by atoms with Crippen molar-refractivity contribution < 1.29 is 9.90 Å². The summed E-state index contributed by atoms with van der Waals surface area (Å²) >= 11 is 1.33. The first-order chi connectivity index (χ1) is 8.60. The molecule has 1 aromatic carbocycles. The van der Waals surface area contributed by atoms with E-state index in [1.165, 1.54) is 17.4 Å². The van der Waals surface area contributed by atoms with Crippen LogP contribution in [0.3, 0.4) is 0 Å². The monoisotopic (exact) mass is 263 g/mol. The highest BCUT2D eigenvalue weighted by molar-refractivity contribution is 7.15. The van der Waals surface area contributed by atoms with E-state index in [-0.39, 0.29) is 17.2 Å². The van der Waals surface area contributed by atoms with E-state index in [0.29, 0.717) is 5.13 Å². The second kappa shape index (κ2) is 5.14. The molecule has 0 unspecified atom stereocenters. The summed E-state index contributed by atoms with van der Waals surface area (Å²) < 4.78 is 0. The molecule has 0 spiro atoms. The highest BCUT2D eigenvalue weighted by Crippen LogP contribution is 2.21. The van der Waals surface area contributed by atoms with Gasteiger partial charge < -0.3 is 5.11 Å². The largest absolute Gasteiger partial charge is 0.507 e. The molecule has 6 heteroatoms. The summed E-state index contributed by atoms with van der Waals surface area (Å²) in [7, 11) is 0. The van der Waals surface area contributed by atoms with Gasteiger partial charge in [-0.05, 0) is 25.5 Å². The molecule has 0 saturated heterocycles. The van der Waals surface area contributed by atoms with Crippen LogP contribution < -0.4 is 5.32 Å². The van der Waals surface area contributed by atoms with E-state index in [1.54, 1.807) is 12.1 Å². The van der Waals surface area contributed by atoms with Crippen LogP contribution in [0, 0.1) is 6.92 Å². The van der Waals surface area contributed by atoms with Crippen LogP contribution in [0.2, 0.25) is 0 Å². The fraction of sp³-hybridized carbons (Fsp3) is 0.250. The fourth-order valence-corrected chi connectivity index (χ4v) is 2.12. The summed E-state index contributed by atoms with van der Waals surface area (Å²) in [5, 5.41) is 21.3. The van der Waals surface area contributed by atoms with Gasteiger partial charge in [0, 0.05) is 0 Å². The number of phenols is 1. The smallest absolute Gasteiger partial charge is 0.261 e. The molecular formula is C12H13N3O2S. The lowest BCUT2D eigenvalue weighted by Crippen LogP contribution is -2.12. The van der Waals surface area contributed by atoms with Crippen molar-refractivity contribution in [3.05, 3.63) is 34.3 Å². The molecule has 0 atom stereocenters. The second-order valence-electron chi connectivity index (χ2n) is 3.83. The van der Waals surface area contributed by atoms with Crippen molar-refractivity contribution in [3.8, 4) is 5.75 Å². The Balaban J connectivity index is 2.19. The number of hydrogen-bond donors (Lipinski definition) is 2. The zero-order valence-electron chi connectivity index (χ0n) is 10.1. The van der Waals surface area contributed by atoms with E-state index < -0.39 is 0 Å². The van der Waals surface area contributed by atoms with Crippen LogP contribution in [0.5, 0.6) is 5.75 Å². The number of nitrogens with zero attached hydrogens (tertiary/aromatic N) is 2. The van der Waals surface area contributed by atoms with Crippen LogP contribution in [-0.4, -0.2) is 21.2 Å². The number of anilines is 1. The summed E-state index contributed by atoms with van der Waals surface area (Å²) in [5.74, 6) is -0.423. The first-order valence-electron chi connectivity index (χ1n) is 5.53. The molecule has 1 amide bonds. The van der Waals surface area contributed by atoms with Gasteiger partial charge in [0.2, 0.25) is 5.13 Å². The maximum Gasteiger partial charge on any atom is 0.261 e. The van der Waals surface area contributed by atoms with Gasteiger partial charge in [-0.1, -0.05) is 29.9 Å². The van der Waals surface area contributed by atoms with Gasteiger partial charge in [-0.2, -0.15) is 0 Å². The molecule has 0 fully saturated rings. The summed E-state index contributed by atoms with van der Waals surface area (Å²) in [6.45, 7) is 3.83. The number of carbonyl (C=O) groups is 1. The minimum absolute atomic E-state index is 0.0432. The lowest BCUT2D eigenvalue weighted by atomic mass is 10.1. The Labute approximate surface area is 109 Å². The third-order valence-electron chi connectivity index (χ3n) is 2.39. The van der Waals surface area contributed by atoms with Crippen molar-refractivity contribution in [2.75, 3.05) is 5.32 Å². The van der Waals surface area contributed by atoms with E-state index in [2.05, 4.69) is 15.5 Å². The zero-order valence-corrected chi connectivity index (χ0v) is 10.9. The molecule has 2 aromatic rings.